The molecule has 3 aromatic rings. The summed E-state index contributed by atoms with van der Waals surface area (Å²) in [6.07, 6.45) is 7.25. The lowest BCUT2D eigenvalue weighted by Crippen LogP contribution is -2.48. The fourth-order valence-electron chi connectivity index (χ4n) is 3.63. The van der Waals surface area contributed by atoms with Crippen LogP contribution < -0.4 is 20.7 Å². The second-order valence-electron chi connectivity index (χ2n) is 7.80. The molecular formula is C23H25FN8O2. The number of nitrogens with zero attached hydrogens (tertiary/aromatic N) is 5. The normalized spacial score (nSPS) is 17.9. The van der Waals surface area contributed by atoms with E-state index in [1.807, 2.05) is 26.0 Å². The van der Waals surface area contributed by atoms with Gasteiger partial charge in [0.15, 0.2) is 0 Å². The molecule has 0 radical (unpaired) electrons. The third-order valence-corrected chi connectivity index (χ3v) is 5.32. The van der Waals surface area contributed by atoms with Crippen molar-refractivity contribution in [3.63, 3.8) is 0 Å². The highest BCUT2D eigenvalue weighted by molar-refractivity contribution is 5.78. The molecule has 0 spiro atoms. The second-order valence-corrected chi connectivity index (χ2v) is 7.80. The van der Waals surface area contributed by atoms with E-state index in [0.29, 0.717) is 18.8 Å². The number of amides is 2. The Kier molecular flexibility index (Phi) is 6.93. The van der Waals surface area contributed by atoms with Gasteiger partial charge in [-0.25, -0.2) is 18.9 Å². The number of aryl methyl sites for hydroxylation is 1. The number of hydrogen-bond acceptors (Lipinski definition) is 7. The summed E-state index contributed by atoms with van der Waals surface area (Å²) < 4.78 is 21.0. The Morgan fingerprint density at radius 1 is 1.32 bits per heavy atom. The van der Waals surface area contributed by atoms with E-state index < -0.39 is 11.8 Å². The van der Waals surface area contributed by atoms with Gasteiger partial charge in [0.2, 0.25) is 0 Å². The number of halogens is 1. The van der Waals surface area contributed by atoms with E-state index in [4.69, 9.17) is 4.74 Å². The molecule has 0 bridgehead atoms. The molecule has 4 heterocycles. The molecule has 4 rings (SSSR count). The topological polar surface area (TPSA) is 118 Å². The Labute approximate surface area is 196 Å². The maximum atomic E-state index is 13.4. The zero-order valence-corrected chi connectivity index (χ0v) is 18.8. The van der Waals surface area contributed by atoms with Gasteiger partial charge >= 0.3 is 6.03 Å². The minimum atomic E-state index is -0.491. The van der Waals surface area contributed by atoms with E-state index in [-0.39, 0.29) is 18.0 Å². The molecule has 3 N–H and O–H groups in total. The monoisotopic (exact) mass is 464 g/mol. The van der Waals surface area contributed by atoms with Gasteiger partial charge in [-0.2, -0.15) is 5.10 Å². The van der Waals surface area contributed by atoms with Gasteiger partial charge in [-0.05, 0) is 38.8 Å². The number of ether oxygens (including phenoxy) is 1. The van der Waals surface area contributed by atoms with Gasteiger partial charge in [0.05, 0.1) is 30.3 Å². The fraction of sp³-hybridized carbons (Fsp3) is 0.261. The number of urea groups is 1. The van der Waals surface area contributed by atoms with Crippen LogP contribution >= 0.6 is 0 Å². The number of carbonyl (C=O) groups excluding carboxylic acids is 1. The summed E-state index contributed by atoms with van der Waals surface area (Å²) in [6.45, 7) is 8.38. The second kappa shape index (κ2) is 10.2. The molecular weight excluding hydrogens is 439 g/mol. The predicted octanol–water partition coefficient (Wildman–Crippen LogP) is 2.14. The van der Waals surface area contributed by atoms with Gasteiger partial charge in [-0.1, -0.05) is 0 Å². The highest BCUT2D eigenvalue weighted by Gasteiger charge is 2.30. The van der Waals surface area contributed by atoms with Gasteiger partial charge in [0, 0.05) is 42.3 Å². The first-order valence-corrected chi connectivity index (χ1v) is 10.6. The molecule has 34 heavy (non-hydrogen) atoms. The summed E-state index contributed by atoms with van der Waals surface area (Å²) in [6, 6.07) is 4.25. The van der Waals surface area contributed by atoms with Gasteiger partial charge in [-0.15, -0.1) is 0 Å². The van der Waals surface area contributed by atoms with Crippen LogP contribution in [0.5, 0.6) is 5.75 Å². The van der Waals surface area contributed by atoms with Crippen LogP contribution in [0.4, 0.5) is 9.18 Å². The Hall–Kier alpha value is -4.12. The first kappa shape index (κ1) is 23.1. The molecule has 0 aliphatic carbocycles. The molecule has 11 heteroatoms. The van der Waals surface area contributed by atoms with Crippen molar-refractivity contribution in [1.82, 2.24) is 35.7 Å². The van der Waals surface area contributed by atoms with E-state index in [1.54, 1.807) is 23.2 Å². The largest absolute Gasteiger partial charge is 0.485 e. The smallest absolute Gasteiger partial charge is 0.320 e. The quantitative estimate of drug-likeness (QED) is 0.461. The molecule has 0 aromatic carbocycles. The van der Waals surface area contributed by atoms with Crippen LogP contribution in [0.25, 0.3) is 11.8 Å². The summed E-state index contributed by atoms with van der Waals surface area (Å²) in [5.41, 5.74) is 3.41. The van der Waals surface area contributed by atoms with Gasteiger partial charge in [0.25, 0.3) is 0 Å². The molecule has 1 fully saturated rings. The molecule has 10 nitrogen and oxygen atoms in total. The number of aliphatic imine (C=N–C) groups is 1. The van der Waals surface area contributed by atoms with Crippen LogP contribution in [0.1, 0.15) is 17.0 Å². The molecule has 2 amide bonds. The molecule has 1 aliphatic rings. The summed E-state index contributed by atoms with van der Waals surface area (Å²) in [5, 5.41) is 13.1. The molecule has 2 atom stereocenters. The third-order valence-electron chi connectivity index (χ3n) is 5.32. The van der Waals surface area contributed by atoms with E-state index in [9.17, 15) is 9.18 Å². The molecule has 1 aliphatic heterocycles. The van der Waals surface area contributed by atoms with E-state index in [0.717, 1.165) is 28.8 Å². The molecule has 1 saturated heterocycles. The average molecular weight is 465 g/mol. The van der Waals surface area contributed by atoms with Crippen LogP contribution in [0.3, 0.4) is 0 Å². The van der Waals surface area contributed by atoms with Crippen molar-refractivity contribution in [2.75, 3.05) is 13.1 Å². The van der Waals surface area contributed by atoms with Crippen molar-refractivity contribution in [3.8, 4) is 11.4 Å². The van der Waals surface area contributed by atoms with Crippen LogP contribution in [-0.2, 0) is 0 Å². The predicted molar refractivity (Wildman–Crippen MR) is 125 cm³/mol. The van der Waals surface area contributed by atoms with E-state index >= 15 is 0 Å². The average Bonchev–Trinajstić information content (AvgIpc) is 3.39. The van der Waals surface area contributed by atoms with Gasteiger partial charge in [-0.3, -0.25) is 15.3 Å². The Balaban J connectivity index is 1.41. The maximum absolute atomic E-state index is 13.4. The van der Waals surface area contributed by atoms with E-state index in [1.165, 1.54) is 12.3 Å². The first-order valence-electron chi connectivity index (χ1n) is 10.6. The Morgan fingerprint density at radius 3 is 2.94 bits per heavy atom. The van der Waals surface area contributed by atoms with Gasteiger partial charge in [0.1, 0.15) is 23.5 Å². The molecule has 0 saturated carbocycles. The van der Waals surface area contributed by atoms with Crippen molar-refractivity contribution in [3.05, 3.63) is 71.6 Å². The lowest BCUT2D eigenvalue weighted by molar-refractivity contribution is 0.184. The molecule has 3 aromatic heterocycles. The first-order chi connectivity index (χ1) is 16.4. The van der Waals surface area contributed by atoms with E-state index in [2.05, 4.69) is 42.7 Å². The van der Waals surface area contributed by atoms with Crippen molar-refractivity contribution < 1.29 is 13.9 Å². The van der Waals surface area contributed by atoms with Crippen molar-refractivity contribution >= 4 is 18.8 Å². The van der Waals surface area contributed by atoms with Crippen molar-refractivity contribution in [2.24, 2.45) is 4.99 Å². The summed E-state index contributed by atoms with van der Waals surface area (Å²) >= 11 is 0. The van der Waals surface area contributed by atoms with Crippen LogP contribution in [-0.4, -0.2) is 57.7 Å². The summed E-state index contributed by atoms with van der Waals surface area (Å²) in [7, 11) is 0. The lowest BCUT2D eigenvalue weighted by Gasteiger charge is -2.21. The van der Waals surface area contributed by atoms with Gasteiger partial charge < -0.3 is 15.4 Å². The number of nitrogens with one attached hydrogen (secondary N) is 3. The zero-order valence-electron chi connectivity index (χ0n) is 18.8. The fourth-order valence-corrected chi connectivity index (χ4v) is 3.63. The Morgan fingerprint density at radius 2 is 2.18 bits per heavy atom. The SMILES string of the molecule is C=N/C(=C\c1cnn(-c2ccnc(C)c2)c1C)NC(=O)N[C@H]1CNC[C@@H]1Oc1cncc(F)c1. The van der Waals surface area contributed by atoms with Crippen LogP contribution in [0.15, 0.2) is 53.8 Å². The lowest BCUT2D eigenvalue weighted by atomic mass is 10.2. The summed E-state index contributed by atoms with van der Waals surface area (Å²) in [4.78, 5) is 24.5. The minimum Gasteiger partial charge on any atom is -0.485 e. The number of hydrogen-bond donors (Lipinski definition) is 3. The van der Waals surface area contributed by atoms with Crippen LogP contribution in [0.2, 0.25) is 0 Å². The number of pyridine rings is 2. The van der Waals surface area contributed by atoms with Crippen molar-refractivity contribution in [2.45, 2.75) is 26.0 Å². The highest BCUT2D eigenvalue weighted by Crippen LogP contribution is 2.18. The highest BCUT2D eigenvalue weighted by atomic mass is 19.1. The van der Waals surface area contributed by atoms with Crippen molar-refractivity contribution in [1.29, 1.82) is 0 Å². The number of rotatable bonds is 7. The molecule has 176 valence electrons. The molecule has 0 unspecified atom stereocenters. The number of aromatic nitrogens is 4. The summed E-state index contributed by atoms with van der Waals surface area (Å²) in [5.74, 6) is 0.0742. The Bertz CT molecular complexity index is 1230. The third kappa shape index (κ3) is 5.44. The zero-order chi connectivity index (χ0) is 24.1. The minimum absolute atomic E-state index is 0.267. The number of carbonyl (C=O) groups is 1. The standard InChI is InChI=1S/C23H25FN8O2/c1-14-6-18(4-5-28-14)32-15(2)16(9-29-32)7-22(25-3)31-23(33)30-20-12-27-13-21(20)34-19-8-17(24)10-26-11-19/h4-11,20-21,27H,3,12-13H2,1-2H3,(H2,30,31,33)/b22-7+/t20-,21-/m0/s1. The maximum Gasteiger partial charge on any atom is 0.320 e. The van der Waals surface area contributed by atoms with Crippen LogP contribution in [0, 0.1) is 19.7 Å².